The molecule has 1 aromatic heterocycles. The van der Waals surface area contributed by atoms with Gasteiger partial charge in [-0.15, -0.1) is 0 Å². The second-order valence-corrected chi connectivity index (χ2v) is 7.44. The summed E-state index contributed by atoms with van der Waals surface area (Å²) < 4.78 is 1.20. The van der Waals surface area contributed by atoms with Crippen molar-refractivity contribution in [2.75, 3.05) is 29.4 Å². The number of amides is 1. The van der Waals surface area contributed by atoms with E-state index in [1.165, 1.54) is 10.3 Å². The van der Waals surface area contributed by atoms with Gasteiger partial charge in [0.15, 0.2) is 5.13 Å². The summed E-state index contributed by atoms with van der Waals surface area (Å²) in [4.78, 5) is 21.7. The number of para-hydroxylation sites is 2. The molecular formula is C19H17N3OS. The highest BCUT2D eigenvalue weighted by Crippen LogP contribution is 2.35. The molecule has 0 N–H and O–H groups in total. The van der Waals surface area contributed by atoms with E-state index < -0.39 is 0 Å². The van der Waals surface area contributed by atoms with Gasteiger partial charge in [0.1, 0.15) is 0 Å². The van der Waals surface area contributed by atoms with Gasteiger partial charge in [-0.3, -0.25) is 4.79 Å². The smallest absolute Gasteiger partial charge is 0.233 e. The van der Waals surface area contributed by atoms with Crippen LogP contribution >= 0.6 is 11.3 Å². The molecule has 5 rings (SSSR count). The van der Waals surface area contributed by atoms with E-state index in [1.54, 1.807) is 11.3 Å². The highest BCUT2D eigenvalue weighted by atomic mass is 32.1. The highest BCUT2D eigenvalue weighted by molar-refractivity contribution is 7.22. The average molecular weight is 335 g/mol. The summed E-state index contributed by atoms with van der Waals surface area (Å²) in [6, 6.07) is 16.4. The maximum atomic E-state index is 12.8. The molecule has 2 aromatic carbocycles. The van der Waals surface area contributed by atoms with Gasteiger partial charge >= 0.3 is 0 Å². The number of rotatable bonds is 2. The second-order valence-electron chi connectivity index (χ2n) is 6.43. The van der Waals surface area contributed by atoms with Gasteiger partial charge in [-0.1, -0.05) is 41.7 Å². The van der Waals surface area contributed by atoms with Crippen LogP contribution in [-0.2, 0) is 11.2 Å². The molecule has 3 heterocycles. The fourth-order valence-corrected chi connectivity index (χ4v) is 4.56. The third kappa shape index (κ3) is 2.12. The van der Waals surface area contributed by atoms with Crippen molar-refractivity contribution in [3.8, 4) is 0 Å². The molecule has 2 aliphatic rings. The summed E-state index contributed by atoms with van der Waals surface area (Å²) in [5.41, 5.74) is 3.43. The maximum absolute atomic E-state index is 12.8. The SMILES string of the molecule is O=C(C1CN(c2nc3ccccc3s2)C1)N1CCc2ccccc21. The number of benzene rings is 2. The maximum Gasteiger partial charge on any atom is 0.233 e. The molecule has 0 bridgehead atoms. The summed E-state index contributed by atoms with van der Waals surface area (Å²) in [6.45, 7) is 2.37. The molecule has 120 valence electrons. The molecule has 0 saturated carbocycles. The minimum absolute atomic E-state index is 0.0863. The third-order valence-electron chi connectivity index (χ3n) is 4.94. The van der Waals surface area contributed by atoms with E-state index >= 15 is 0 Å². The zero-order valence-electron chi connectivity index (χ0n) is 13.2. The summed E-state index contributed by atoms with van der Waals surface area (Å²) >= 11 is 1.71. The standard InChI is InChI=1S/C19H17N3OS/c23-18(22-10-9-13-5-1-3-7-16(13)22)14-11-21(12-14)19-20-15-6-2-4-8-17(15)24-19/h1-8,14H,9-12H2. The van der Waals surface area contributed by atoms with Gasteiger partial charge in [0.05, 0.1) is 16.1 Å². The molecule has 5 heteroatoms. The molecule has 1 fully saturated rings. The molecule has 3 aromatic rings. The fraction of sp³-hybridized carbons (Fsp3) is 0.263. The minimum Gasteiger partial charge on any atom is -0.346 e. The first kappa shape index (κ1) is 14.0. The van der Waals surface area contributed by atoms with Crippen molar-refractivity contribution in [3.63, 3.8) is 0 Å². The van der Waals surface area contributed by atoms with Crippen LogP contribution < -0.4 is 9.80 Å². The number of carbonyl (C=O) groups excluding carboxylic acids is 1. The number of fused-ring (bicyclic) bond motifs is 2. The van der Waals surface area contributed by atoms with Gasteiger partial charge in [0.2, 0.25) is 5.91 Å². The Morgan fingerprint density at radius 1 is 1.08 bits per heavy atom. The molecule has 1 saturated heterocycles. The minimum atomic E-state index is 0.0863. The Kier molecular flexibility index (Phi) is 3.10. The molecule has 24 heavy (non-hydrogen) atoms. The van der Waals surface area contributed by atoms with Crippen LogP contribution in [0.15, 0.2) is 48.5 Å². The summed E-state index contributed by atoms with van der Waals surface area (Å²) in [5, 5.41) is 1.03. The Bertz CT molecular complexity index is 896. The van der Waals surface area contributed by atoms with Gasteiger partial charge in [0, 0.05) is 25.3 Å². The number of hydrogen-bond donors (Lipinski definition) is 0. The number of nitrogens with zero attached hydrogens (tertiary/aromatic N) is 3. The monoisotopic (exact) mass is 335 g/mol. The van der Waals surface area contributed by atoms with Crippen LogP contribution in [0.3, 0.4) is 0 Å². The Balaban J connectivity index is 1.30. The van der Waals surface area contributed by atoms with Crippen molar-refractivity contribution in [1.82, 2.24) is 4.98 Å². The molecule has 0 spiro atoms. The Hall–Kier alpha value is -2.40. The van der Waals surface area contributed by atoms with Gasteiger partial charge in [-0.05, 0) is 30.2 Å². The average Bonchev–Trinajstić information content (AvgIpc) is 3.17. The Morgan fingerprint density at radius 2 is 1.88 bits per heavy atom. The lowest BCUT2D eigenvalue weighted by Gasteiger charge is -2.39. The van der Waals surface area contributed by atoms with Crippen LogP contribution in [0.2, 0.25) is 0 Å². The quantitative estimate of drug-likeness (QED) is 0.721. The first-order valence-electron chi connectivity index (χ1n) is 8.29. The zero-order chi connectivity index (χ0) is 16.1. The number of hydrogen-bond acceptors (Lipinski definition) is 4. The molecule has 4 nitrogen and oxygen atoms in total. The van der Waals surface area contributed by atoms with Crippen LogP contribution in [0.4, 0.5) is 10.8 Å². The van der Waals surface area contributed by atoms with Crippen molar-refractivity contribution >= 4 is 38.3 Å². The molecule has 1 amide bonds. The first-order chi connectivity index (χ1) is 11.8. The summed E-state index contributed by atoms with van der Waals surface area (Å²) in [7, 11) is 0. The van der Waals surface area contributed by atoms with E-state index in [4.69, 9.17) is 0 Å². The predicted molar refractivity (Wildman–Crippen MR) is 97.8 cm³/mol. The van der Waals surface area contributed by atoms with Crippen molar-refractivity contribution < 1.29 is 4.79 Å². The summed E-state index contributed by atoms with van der Waals surface area (Å²) in [5.74, 6) is 0.348. The van der Waals surface area contributed by atoms with E-state index in [0.29, 0.717) is 0 Å². The highest BCUT2D eigenvalue weighted by Gasteiger charge is 2.38. The molecular weight excluding hydrogens is 318 g/mol. The number of anilines is 2. The van der Waals surface area contributed by atoms with Crippen LogP contribution in [0, 0.1) is 5.92 Å². The van der Waals surface area contributed by atoms with Crippen LogP contribution in [0.5, 0.6) is 0 Å². The number of aromatic nitrogens is 1. The van der Waals surface area contributed by atoms with Crippen LogP contribution in [0.1, 0.15) is 5.56 Å². The van der Waals surface area contributed by atoms with Crippen molar-refractivity contribution in [1.29, 1.82) is 0 Å². The van der Waals surface area contributed by atoms with E-state index in [1.807, 2.05) is 35.2 Å². The first-order valence-corrected chi connectivity index (χ1v) is 9.11. The molecule has 0 unspecified atom stereocenters. The lowest BCUT2D eigenvalue weighted by atomic mass is 9.99. The van der Waals surface area contributed by atoms with Gasteiger partial charge in [-0.25, -0.2) is 4.98 Å². The predicted octanol–water partition coefficient (Wildman–Crippen LogP) is 3.32. The topological polar surface area (TPSA) is 36.4 Å². The fourth-order valence-electron chi connectivity index (χ4n) is 3.57. The third-order valence-corrected chi connectivity index (χ3v) is 6.03. The van der Waals surface area contributed by atoms with Crippen LogP contribution in [0.25, 0.3) is 10.2 Å². The van der Waals surface area contributed by atoms with E-state index in [0.717, 1.165) is 42.4 Å². The number of thiazole rings is 1. The molecule has 0 atom stereocenters. The normalized spacial score (nSPS) is 17.2. The Morgan fingerprint density at radius 3 is 2.75 bits per heavy atom. The molecule has 0 aliphatic carbocycles. The van der Waals surface area contributed by atoms with E-state index in [-0.39, 0.29) is 11.8 Å². The summed E-state index contributed by atoms with van der Waals surface area (Å²) in [6.07, 6.45) is 0.968. The van der Waals surface area contributed by atoms with E-state index in [2.05, 4.69) is 28.1 Å². The second kappa shape index (κ2) is 5.31. The van der Waals surface area contributed by atoms with Gasteiger partial charge in [0.25, 0.3) is 0 Å². The van der Waals surface area contributed by atoms with Crippen molar-refractivity contribution in [2.45, 2.75) is 6.42 Å². The van der Waals surface area contributed by atoms with Gasteiger partial charge in [-0.2, -0.15) is 0 Å². The lowest BCUT2D eigenvalue weighted by Crippen LogP contribution is -2.54. The van der Waals surface area contributed by atoms with Crippen molar-refractivity contribution in [2.24, 2.45) is 5.92 Å². The lowest BCUT2D eigenvalue weighted by molar-refractivity contribution is -0.123. The Labute approximate surface area is 144 Å². The number of carbonyl (C=O) groups is 1. The van der Waals surface area contributed by atoms with Gasteiger partial charge < -0.3 is 9.80 Å². The molecule has 2 aliphatic heterocycles. The molecule has 0 radical (unpaired) electrons. The van der Waals surface area contributed by atoms with Crippen LogP contribution in [-0.4, -0.2) is 30.5 Å². The largest absolute Gasteiger partial charge is 0.346 e. The van der Waals surface area contributed by atoms with Crippen molar-refractivity contribution in [3.05, 3.63) is 54.1 Å². The van der Waals surface area contributed by atoms with E-state index in [9.17, 15) is 4.79 Å². The zero-order valence-corrected chi connectivity index (χ0v) is 14.0.